The van der Waals surface area contributed by atoms with Crippen LogP contribution in [0.2, 0.25) is 0 Å². The molecule has 0 amide bonds. The molecule has 5 aromatic rings. The Bertz CT molecular complexity index is 2600. The van der Waals surface area contributed by atoms with Gasteiger partial charge in [0.15, 0.2) is 17.1 Å². The van der Waals surface area contributed by atoms with Gasteiger partial charge in [-0.15, -0.1) is 0 Å². The maximum Gasteiger partial charge on any atom is 0.338 e. The largest absolute Gasteiger partial charge is 0.497 e. The quantitative estimate of drug-likeness (QED) is 0.0431. The molecule has 13 heteroatoms. The second-order valence-corrected chi connectivity index (χ2v) is 20.7. The van der Waals surface area contributed by atoms with E-state index in [1.165, 1.54) is 0 Å². The number of alkyl halides is 2. The highest BCUT2D eigenvalue weighted by atomic mass is 79.9. The number of hydrogen-bond acceptors (Lipinski definition) is 11. The number of benzene rings is 5. The van der Waals surface area contributed by atoms with Gasteiger partial charge in [0.05, 0.1) is 26.9 Å². The van der Waals surface area contributed by atoms with Gasteiger partial charge < -0.3 is 37.9 Å². The molecule has 5 aromatic carbocycles. The van der Waals surface area contributed by atoms with E-state index in [2.05, 4.69) is 57.9 Å². The zero-order valence-corrected chi connectivity index (χ0v) is 39.9. The Labute approximate surface area is 384 Å². The minimum absolute atomic E-state index is 0.0671. The van der Waals surface area contributed by atoms with Crippen molar-refractivity contribution < 1.29 is 52.3 Å². The maximum absolute atomic E-state index is 13.4. The maximum atomic E-state index is 13.4. The van der Waals surface area contributed by atoms with Crippen LogP contribution in [0.4, 0.5) is 0 Å². The van der Waals surface area contributed by atoms with Crippen LogP contribution in [0.3, 0.4) is 0 Å². The lowest BCUT2D eigenvalue weighted by atomic mass is 9.76. The van der Waals surface area contributed by atoms with E-state index in [0.29, 0.717) is 34.3 Å². The molecule has 2 aliphatic rings. The summed E-state index contributed by atoms with van der Waals surface area (Å²) in [6.07, 6.45) is 4.20. The standard InChI is InChI=1S/C50H50Br2O11/c1-47(2)38-26-29(44(53)60-23-25-62-46(55)49(5,6)52)10-19-34(38)41-36-27-39(57-8)40(58-9)28-37(36)43-35(42(41)47)20-21-50(63-43,30-11-15-32(56-7)16-12-30)31-13-17-33(18-14-31)59-22-24-61-45(54)48(3,4)51/h10-21,26-28H,22-25H2,1-9H3. The van der Waals surface area contributed by atoms with E-state index in [-0.39, 0.29) is 32.4 Å². The Morgan fingerprint density at radius 1 is 0.651 bits per heavy atom. The van der Waals surface area contributed by atoms with Crippen molar-refractivity contribution in [1.82, 2.24) is 0 Å². The predicted molar refractivity (Wildman–Crippen MR) is 248 cm³/mol. The summed E-state index contributed by atoms with van der Waals surface area (Å²) in [6.45, 7) is 11.2. The Morgan fingerprint density at radius 2 is 1.19 bits per heavy atom. The lowest BCUT2D eigenvalue weighted by molar-refractivity contribution is -0.147. The summed E-state index contributed by atoms with van der Waals surface area (Å²) in [6, 6.07) is 25.0. The van der Waals surface area contributed by atoms with Crippen LogP contribution < -0.4 is 23.7 Å². The highest BCUT2D eigenvalue weighted by molar-refractivity contribution is 9.10. The average Bonchev–Trinajstić information content (AvgIpc) is 3.50. The number of hydrogen-bond donors (Lipinski definition) is 0. The van der Waals surface area contributed by atoms with Crippen molar-refractivity contribution in [3.8, 4) is 39.9 Å². The van der Waals surface area contributed by atoms with Crippen LogP contribution in [-0.2, 0) is 34.8 Å². The van der Waals surface area contributed by atoms with Crippen LogP contribution in [-0.4, -0.2) is 74.3 Å². The molecule has 1 unspecified atom stereocenters. The van der Waals surface area contributed by atoms with Crippen LogP contribution in [0.5, 0.6) is 28.7 Å². The third-order valence-electron chi connectivity index (χ3n) is 11.3. The van der Waals surface area contributed by atoms with Gasteiger partial charge in [0, 0.05) is 27.5 Å². The Hall–Kier alpha value is -5.53. The van der Waals surface area contributed by atoms with E-state index >= 15 is 0 Å². The predicted octanol–water partition coefficient (Wildman–Crippen LogP) is 10.5. The van der Waals surface area contributed by atoms with Gasteiger partial charge in [-0.1, -0.05) is 82.1 Å². The molecule has 1 atom stereocenters. The van der Waals surface area contributed by atoms with Gasteiger partial charge in [0.25, 0.3) is 0 Å². The molecule has 0 bridgehead atoms. The molecule has 1 aliphatic carbocycles. The molecular weight excluding hydrogens is 936 g/mol. The second kappa shape index (κ2) is 17.6. The summed E-state index contributed by atoms with van der Waals surface area (Å²) in [5.41, 5.74) is 5.13. The van der Waals surface area contributed by atoms with E-state index < -0.39 is 31.6 Å². The summed E-state index contributed by atoms with van der Waals surface area (Å²) in [5.74, 6) is 1.68. The average molecular weight is 987 g/mol. The number of methoxy groups -OCH3 is 3. The molecule has 63 heavy (non-hydrogen) atoms. The number of fused-ring (bicyclic) bond motifs is 8. The fraction of sp³-hybridized carbons (Fsp3) is 0.340. The molecule has 0 saturated carbocycles. The van der Waals surface area contributed by atoms with Crippen molar-refractivity contribution in [2.45, 2.75) is 61.2 Å². The molecule has 7 rings (SSSR count). The van der Waals surface area contributed by atoms with E-state index in [1.807, 2.05) is 72.8 Å². The Morgan fingerprint density at radius 3 is 1.75 bits per heavy atom. The first kappa shape index (κ1) is 45.5. The zero-order chi connectivity index (χ0) is 45.5. The monoisotopic (exact) mass is 984 g/mol. The normalized spacial score (nSPS) is 15.9. The molecule has 0 aromatic heterocycles. The summed E-state index contributed by atoms with van der Waals surface area (Å²) < 4.78 is 45.3. The van der Waals surface area contributed by atoms with Gasteiger partial charge in [-0.25, -0.2) is 4.79 Å². The van der Waals surface area contributed by atoms with Crippen molar-refractivity contribution in [3.63, 3.8) is 0 Å². The van der Waals surface area contributed by atoms with Gasteiger partial charge in [-0.05, 0) is 110 Å². The number of ether oxygens (including phenoxy) is 8. The first-order valence-electron chi connectivity index (χ1n) is 20.4. The van der Waals surface area contributed by atoms with Crippen LogP contribution >= 0.6 is 31.9 Å². The van der Waals surface area contributed by atoms with Crippen molar-refractivity contribution in [2.24, 2.45) is 0 Å². The molecule has 11 nitrogen and oxygen atoms in total. The minimum Gasteiger partial charge on any atom is -0.497 e. The number of carbonyl (C=O) groups excluding carboxylic acids is 3. The third kappa shape index (κ3) is 8.74. The fourth-order valence-corrected chi connectivity index (χ4v) is 8.27. The van der Waals surface area contributed by atoms with E-state index in [9.17, 15) is 14.4 Å². The van der Waals surface area contributed by atoms with Crippen LogP contribution in [0.15, 0.2) is 84.9 Å². The number of rotatable bonds is 15. The summed E-state index contributed by atoms with van der Waals surface area (Å²) in [4.78, 5) is 37.8. The fourth-order valence-electron chi connectivity index (χ4n) is 8.04. The summed E-state index contributed by atoms with van der Waals surface area (Å²) in [5, 5.41) is 1.69. The highest BCUT2D eigenvalue weighted by Gasteiger charge is 2.45. The van der Waals surface area contributed by atoms with Crippen molar-refractivity contribution in [3.05, 3.63) is 118 Å². The third-order valence-corrected chi connectivity index (χ3v) is 11.9. The topological polar surface area (TPSA) is 125 Å². The molecule has 1 heterocycles. The van der Waals surface area contributed by atoms with Gasteiger partial charge in [-0.2, -0.15) is 0 Å². The summed E-state index contributed by atoms with van der Waals surface area (Å²) in [7, 11) is 4.84. The smallest absolute Gasteiger partial charge is 0.338 e. The SMILES string of the molecule is COc1ccc(C2(c3ccc(OCCOC(=O)C(C)(C)Br)cc3)C=Cc3c4c(c5cc(OC)c(OC)cc5c3O2)-c2ccc(C(=O)OCCOC(=O)C(C)(C)Br)cc2C4(C)C)cc1. The number of halogens is 2. The first-order chi connectivity index (χ1) is 29.8. The minimum atomic E-state index is -1.12. The second-order valence-electron chi connectivity index (χ2n) is 16.8. The van der Waals surface area contributed by atoms with Gasteiger partial charge in [-0.3, -0.25) is 9.59 Å². The molecule has 0 fully saturated rings. The Kier molecular flexibility index (Phi) is 12.7. The molecular formula is C50H50Br2O11. The first-order valence-corrected chi connectivity index (χ1v) is 22.0. The van der Waals surface area contributed by atoms with Gasteiger partial charge in [0.2, 0.25) is 0 Å². The molecule has 0 N–H and O–H groups in total. The van der Waals surface area contributed by atoms with Crippen molar-refractivity contribution >= 4 is 66.6 Å². The van der Waals surface area contributed by atoms with Gasteiger partial charge in [0.1, 0.15) is 52.3 Å². The lowest BCUT2D eigenvalue weighted by Crippen LogP contribution is -2.35. The van der Waals surface area contributed by atoms with Crippen LogP contribution in [0.1, 0.15) is 79.7 Å². The van der Waals surface area contributed by atoms with Crippen LogP contribution in [0, 0.1) is 0 Å². The molecule has 330 valence electrons. The van der Waals surface area contributed by atoms with E-state index in [1.54, 1.807) is 55.1 Å². The lowest BCUT2D eigenvalue weighted by Gasteiger charge is -2.38. The molecule has 1 aliphatic heterocycles. The van der Waals surface area contributed by atoms with Crippen LogP contribution in [0.25, 0.3) is 28.0 Å². The molecule has 0 spiro atoms. The van der Waals surface area contributed by atoms with Gasteiger partial charge >= 0.3 is 17.9 Å². The molecule has 0 saturated heterocycles. The molecule has 0 radical (unpaired) electrons. The zero-order valence-electron chi connectivity index (χ0n) is 36.7. The number of carbonyl (C=O) groups is 3. The van der Waals surface area contributed by atoms with Crippen molar-refractivity contribution in [1.29, 1.82) is 0 Å². The van der Waals surface area contributed by atoms with E-state index in [0.717, 1.165) is 49.7 Å². The summed E-state index contributed by atoms with van der Waals surface area (Å²) >= 11 is 6.62. The highest BCUT2D eigenvalue weighted by Crippen LogP contribution is 2.59. The number of esters is 3. The Balaban J connectivity index is 1.30. The van der Waals surface area contributed by atoms with Crippen molar-refractivity contribution in [2.75, 3.05) is 47.8 Å². The van der Waals surface area contributed by atoms with E-state index in [4.69, 9.17) is 37.9 Å².